The van der Waals surface area contributed by atoms with Crippen molar-refractivity contribution in [2.45, 2.75) is 26.2 Å². The van der Waals surface area contributed by atoms with E-state index >= 15 is 0 Å². The number of pyridine rings is 1. The Kier molecular flexibility index (Phi) is 3.08. The minimum atomic E-state index is -0.152. The van der Waals surface area contributed by atoms with Gasteiger partial charge in [0.15, 0.2) is 0 Å². The lowest BCUT2D eigenvalue weighted by Gasteiger charge is -2.24. The number of hydrogen-bond donors (Lipinski definition) is 0. The van der Waals surface area contributed by atoms with Gasteiger partial charge >= 0.3 is 0 Å². The van der Waals surface area contributed by atoms with Crippen molar-refractivity contribution in [3.05, 3.63) is 77.0 Å². The van der Waals surface area contributed by atoms with Crippen LogP contribution in [0.2, 0.25) is 0 Å². The van der Waals surface area contributed by atoms with Gasteiger partial charge < -0.3 is 0 Å². The summed E-state index contributed by atoms with van der Waals surface area (Å²) >= 11 is 0. The van der Waals surface area contributed by atoms with E-state index in [1.807, 2.05) is 18.3 Å². The Morgan fingerprint density at radius 3 is 2.46 bits per heavy atom. The summed E-state index contributed by atoms with van der Waals surface area (Å²) in [4.78, 5) is 4.64. The average Bonchev–Trinajstić information content (AvgIpc) is 2.83. The van der Waals surface area contributed by atoms with Crippen molar-refractivity contribution >= 4 is 0 Å². The highest BCUT2D eigenvalue weighted by Crippen LogP contribution is 2.51. The first-order valence-electron chi connectivity index (χ1n) is 8.14. The number of fused-ring (bicyclic) bond motifs is 3. The predicted molar refractivity (Wildman–Crippen MR) is 96.7 cm³/mol. The molecule has 1 heterocycles. The lowest BCUT2D eigenvalue weighted by atomic mass is 9.79. The van der Waals surface area contributed by atoms with Crippen LogP contribution in [0.5, 0.6) is 0 Å². The Morgan fingerprint density at radius 2 is 1.75 bits per heavy atom. The van der Waals surface area contributed by atoms with E-state index in [1.165, 1.54) is 27.8 Å². The highest BCUT2D eigenvalue weighted by atomic mass is 14.7. The summed E-state index contributed by atoms with van der Waals surface area (Å²) in [5, 5.41) is 9.25. The van der Waals surface area contributed by atoms with Gasteiger partial charge in [0.2, 0.25) is 0 Å². The molecule has 0 fully saturated rings. The summed E-state index contributed by atoms with van der Waals surface area (Å²) in [5.41, 5.74) is 8.88. The van der Waals surface area contributed by atoms with E-state index in [1.54, 1.807) is 0 Å². The van der Waals surface area contributed by atoms with Gasteiger partial charge in [0, 0.05) is 17.2 Å². The summed E-state index contributed by atoms with van der Waals surface area (Å²) in [6.07, 6.45) is 1.91. The van der Waals surface area contributed by atoms with Crippen LogP contribution in [0.25, 0.3) is 22.4 Å². The molecule has 2 aromatic carbocycles. The standard InChI is InChI=1S/C22H18N2/c1-14-7-10-20(24-13-14)18-6-4-5-17-16-9-8-15(12-23)11-19(16)22(2,3)21(17)18/h4-11,13H,1-3H3. The Hall–Kier alpha value is -2.92. The van der Waals surface area contributed by atoms with E-state index in [0.29, 0.717) is 5.56 Å². The van der Waals surface area contributed by atoms with Crippen LogP contribution in [0.3, 0.4) is 0 Å². The van der Waals surface area contributed by atoms with Crippen LogP contribution in [0.15, 0.2) is 54.7 Å². The summed E-state index contributed by atoms with van der Waals surface area (Å²) < 4.78 is 0. The molecule has 2 heteroatoms. The molecule has 0 bridgehead atoms. The monoisotopic (exact) mass is 310 g/mol. The van der Waals surface area contributed by atoms with Gasteiger partial charge in [0.25, 0.3) is 0 Å². The van der Waals surface area contributed by atoms with E-state index in [2.05, 4.69) is 68.2 Å². The van der Waals surface area contributed by atoms with Gasteiger partial charge in [-0.05, 0) is 52.9 Å². The maximum absolute atomic E-state index is 9.25. The lowest BCUT2D eigenvalue weighted by molar-refractivity contribution is 0.661. The Balaban J connectivity index is 2.00. The quantitative estimate of drug-likeness (QED) is 0.616. The maximum Gasteiger partial charge on any atom is 0.0991 e. The van der Waals surface area contributed by atoms with Gasteiger partial charge in [0.05, 0.1) is 17.3 Å². The molecule has 0 N–H and O–H groups in total. The van der Waals surface area contributed by atoms with Crippen LogP contribution in [0, 0.1) is 18.3 Å². The van der Waals surface area contributed by atoms with Gasteiger partial charge in [-0.25, -0.2) is 0 Å². The van der Waals surface area contributed by atoms with Gasteiger partial charge in [-0.1, -0.05) is 44.2 Å². The second-order valence-electron chi connectivity index (χ2n) is 6.95. The molecule has 0 saturated carbocycles. The third-order valence-corrected chi connectivity index (χ3v) is 4.99. The fraction of sp³-hybridized carbons (Fsp3) is 0.182. The number of aromatic nitrogens is 1. The number of nitrogens with zero attached hydrogens (tertiary/aromatic N) is 2. The second kappa shape index (κ2) is 5.04. The SMILES string of the molecule is Cc1ccc(-c2cccc3c2C(C)(C)c2cc(C#N)ccc2-3)nc1. The van der Waals surface area contributed by atoms with Crippen LogP contribution >= 0.6 is 0 Å². The van der Waals surface area contributed by atoms with E-state index in [-0.39, 0.29) is 5.41 Å². The molecular weight excluding hydrogens is 292 g/mol. The van der Waals surface area contributed by atoms with Gasteiger partial charge in [-0.3, -0.25) is 4.98 Å². The Morgan fingerprint density at radius 1 is 0.958 bits per heavy atom. The first-order chi connectivity index (χ1) is 11.5. The van der Waals surface area contributed by atoms with Crippen LogP contribution in [0.1, 0.15) is 36.1 Å². The topological polar surface area (TPSA) is 36.7 Å². The predicted octanol–water partition coefficient (Wildman–Crippen LogP) is 5.24. The molecule has 0 aliphatic heterocycles. The average molecular weight is 310 g/mol. The smallest absolute Gasteiger partial charge is 0.0991 e. The minimum absolute atomic E-state index is 0.152. The zero-order chi connectivity index (χ0) is 16.9. The molecule has 3 aromatic rings. The van der Waals surface area contributed by atoms with Crippen molar-refractivity contribution in [3.63, 3.8) is 0 Å². The summed E-state index contributed by atoms with van der Waals surface area (Å²) in [5.74, 6) is 0. The van der Waals surface area contributed by atoms with Crippen LogP contribution < -0.4 is 0 Å². The van der Waals surface area contributed by atoms with E-state index in [4.69, 9.17) is 0 Å². The molecule has 4 rings (SSSR count). The number of rotatable bonds is 1. The fourth-order valence-electron chi connectivity index (χ4n) is 3.79. The maximum atomic E-state index is 9.25. The van der Waals surface area contributed by atoms with E-state index in [0.717, 1.165) is 11.3 Å². The second-order valence-corrected chi connectivity index (χ2v) is 6.95. The molecule has 1 aliphatic carbocycles. The molecule has 116 valence electrons. The van der Waals surface area contributed by atoms with Crippen molar-refractivity contribution in [2.24, 2.45) is 0 Å². The summed E-state index contributed by atoms with van der Waals surface area (Å²) in [6, 6.07) is 18.9. The number of benzene rings is 2. The number of hydrogen-bond acceptors (Lipinski definition) is 2. The molecule has 0 atom stereocenters. The van der Waals surface area contributed by atoms with Crippen molar-refractivity contribution in [1.29, 1.82) is 5.26 Å². The summed E-state index contributed by atoms with van der Waals surface area (Å²) in [6.45, 7) is 6.52. The zero-order valence-electron chi connectivity index (χ0n) is 14.1. The van der Waals surface area contributed by atoms with Crippen molar-refractivity contribution < 1.29 is 0 Å². The zero-order valence-corrected chi connectivity index (χ0v) is 14.1. The molecule has 24 heavy (non-hydrogen) atoms. The van der Waals surface area contributed by atoms with Crippen LogP contribution in [0.4, 0.5) is 0 Å². The van der Waals surface area contributed by atoms with Crippen LogP contribution in [-0.2, 0) is 5.41 Å². The van der Waals surface area contributed by atoms with E-state index in [9.17, 15) is 5.26 Å². The minimum Gasteiger partial charge on any atom is -0.256 e. The molecule has 2 nitrogen and oxygen atoms in total. The van der Waals surface area contributed by atoms with Gasteiger partial charge in [-0.2, -0.15) is 5.26 Å². The largest absolute Gasteiger partial charge is 0.256 e. The highest BCUT2D eigenvalue weighted by molar-refractivity contribution is 5.87. The Labute approximate surface area is 142 Å². The first kappa shape index (κ1) is 14.7. The van der Waals surface area contributed by atoms with Gasteiger partial charge in [0.1, 0.15) is 0 Å². The molecule has 1 aromatic heterocycles. The van der Waals surface area contributed by atoms with Gasteiger partial charge in [-0.15, -0.1) is 0 Å². The molecule has 0 spiro atoms. The normalized spacial score (nSPS) is 13.9. The highest BCUT2D eigenvalue weighted by Gasteiger charge is 2.37. The molecule has 0 saturated heterocycles. The van der Waals surface area contributed by atoms with Crippen molar-refractivity contribution in [1.82, 2.24) is 4.98 Å². The van der Waals surface area contributed by atoms with E-state index < -0.39 is 0 Å². The lowest BCUT2D eigenvalue weighted by Crippen LogP contribution is -2.16. The molecule has 0 amide bonds. The number of nitriles is 1. The fourth-order valence-corrected chi connectivity index (χ4v) is 3.79. The third-order valence-electron chi connectivity index (χ3n) is 4.99. The van der Waals surface area contributed by atoms with Crippen molar-refractivity contribution in [3.8, 4) is 28.5 Å². The number of aryl methyl sites for hydroxylation is 1. The summed E-state index contributed by atoms with van der Waals surface area (Å²) in [7, 11) is 0. The molecule has 1 aliphatic rings. The van der Waals surface area contributed by atoms with Crippen LogP contribution in [-0.4, -0.2) is 4.98 Å². The first-order valence-corrected chi connectivity index (χ1v) is 8.14. The van der Waals surface area contributed by atoms with Crippen molar-refractivity contribution in [2.75, 3.05) is 0 Å². The third kappa shape index (κ3) is 1.98. The Bertz CT molecular complexity index is 989. The molecular formula is C22H18N2. The molecule has 0 unspecified atom stereocenters. The molecule has 0 radical (unpaired) electrons.